The molecule has 18 heavy (non-hydrogen) atoms. The molecule has 7 heteroatoms. The fraction of sp³-hybridized carbons (Fsp3) is 0. The van der Waals surface area contributed by atoms with E-state index in [9.17, 15) is 4.79 Å². The summed E-state index contributed by atoms with van der Waals surface area (Å²) in [6.45, 7) is 0. The molecule has 0 spiro atoms. The van der Waals surface area contributed by atoms with Crippen LogP contribution in [0, 0.1) is 0 Å². The molecule has 0 saturated carbocycles. The first-order valence-corrected chi connectivity index (χ1v) is 5.02. The van der Waals surface area contributed by atoms with Crippen LogP contribution in [-0.4, -0.2) is 21.1 Å². The first-order valence-electron chi connectivity index (χ1n) is 5.02. The quantitative estimate of drug-likeness (QED) is 0.378. The Morgan fingerprint density at radius 2 is 1.33 bits per heavy atom. The molecule has 0 fully saturated rings. The summed E-state index contributed by atoms with van der Waals surface area (Å²) in [5, 5.41) is 0.306. The lowest BCUT2D eigenvalue weighted by Crippen LogP contribution is -2.46. The van der Waals surface area contributed by atoms with Gasteiger partial charge >= 0.3 is 6.03 Å². The van der Waals surface area contributed by atoms with Gasteiger partial charge in [-0.2, -0.15) is 5.12 Å². The van der Waals surface area contributed by atoms with Crippen LogP contribution in [0.3, 0.4) is 0 Å². The number of primary amides is 1. The van der Waals surface area contributed by atoms with Gasteiger partial charge in [-0.05, 0) is 24.3 Å². The molecule has 0 aliphatic heterocycles. The number of hydrogen-bond donors (Lipinski definition) is 3. The fourth-order valence-electron chi connectivity index (χ4n) is 1.03. The highest BCUT2D eigenvalue weighted by Crippen LogP contribution is 2.10. The Morgan fingerprint density at radius 1 is 0.944 bits per heavy atom. The Morgan fingerprint density at radius 3 is 1.56 bits per heavy atom. The number of nitrogens with two attached hydrogens (primary N) is 3. The van der Waals surface area contributed by atoms with Crippen molar-refractivity contribution in [3.8, 4) is 11.4 Å². The molecule has 2 aromatic heterocycles. The molecular formula is C11H14N6O. The zero-order valence-electron chi connectivity index (χ0n) is 9.60. The minimum Gasteiger partial charge on any atom is -0.349 e. The molecule has 0 atom stereocenters. The molecule has 0 aromatic carbocycles. The summed E-state index contributed by atoms with van der Waals surface area (Å²) in [7, 11) is 0. The van der Waals surface area contributed by atoms with Crippen LogP contribution in [0.1, 0.15) is 0 Å². The third-order valence-corrected chi connectivity index (χ3v) is 1.85. The van der Waals surface area contributed by atoms with E-state index in [2.05, 4.69) is 27.4 Å². The van der Waals surface area contributed by atoms with Gasteiger partial charge in [0.25, 0.3) is 0 Å². The van der Waals surface area contributed by atoms with Gasteiger partial charge in [-0.15, -0.1) is 0 Å². The number of hydrogen-bond acceptors (Lipinski definition) is 5. The van der Waals surface area contributed by atoms with Crippen molar-refractivity contribution >= 4 is 6.03 Å². The van der Waals surface area contributed by atoms with Crippen molar-refractivity contribution in [3.63, 3.8) is 0 Å². The van der Waals surface area contributed by atoms with Crippen molar-refractivity contribution in [2.45, 2.75) is 0 Å². The summed E-state index contributed by atoms with van der Waals surface area (Å²) >= 11 is 0. The third-order valence-electron chi connectivity index (χ3n) is 1.85. The normalized spacial score (nSPS) is 9.00. The van der Waals surface area contributed by atoms with E-state index < -0.39 is 6.03 Å². The van der Waals surface area contributed by atoms with Crippen molar-refractivity contribution in [1.29, 1.82) is 0 Å². The van der Waals surface area contributed by atoms with E-state index in [1.54, 1.807) is 12.4 Å². The molecule has 0 radical (unpaired) electrons. The van der Waals surface area contributed by atoms with Crippen LogP contribution in [0.25, 0.3) is 11.4 Å². The highest BCUT2D eigenvalue weighted by Gasteiger charge is 1.95. The maximum Gasteiger partial charge on any atom is 0.343 e. The van der Waals surface area contributed by atoms with Gasteiger partial charge in [0.2, 0.25) is 0 Å². The second-order valence-corrected chi connectivity index (χ2v) is 3.18. The zero-order chi connectivity index (χ0) is 13.4. The van der Waals surface area contributed by atoms with Crippen molar-refractivity contribution in [2.24, 2.45) is 17.4 Å². The highest BCUT2D eigenvalue weighted by molar-refractivity contribution is 5.70. The minimum absolute atomic E-state index is 0.306. The average Bonchev–Trinajstić information content (AvgIpc) is 2.41. The predicted octanol–water partition coefficient (Wildman–Crippen LogP) is 0.258. The van der Waals surface area contributed by atoms with Gasteiger partial charge in [0.05, 0.1) is 11.4 Å². The van der Waals surface area contributed by atoms with Gasteiger partial charge in [0.1, 0.15) is 0 Å². The van der Waals surface area contributed by atoms with E-state index >= 15 is 0 Å². The first-order chi connectivity index (χ1) is 8.61. The largest absolute Gasteiger partial charge is 0.349 e. The maximum atomic E-state index is 9.60. The molecule has 6 N–H and O–H groups in total. The molecule has 2 aromatic rings. The van der Waals surface area contributed by atoms with E-state index in [1.165, 1.54) is 0 Å². The van der Waals surface area contributed by atoms with E-state index in [0.717, 1.165) is 11.4 Å². The molecule has 2 heterocycles. The van der Waals surface area contributed by atoms with Crippen LogP contribution < -0.4 is 17.4 Å². The molecule has 0 aliphatic rings. The Kier molecular flexibility index (Phi) is 5.23. The second-order valence-electron chi connectivity index (χ2n) is 3.18. The van der Waals surface area contributed by atoms with E-state index in [1.807, 2.05) is 36.4 Å². The standard InChI is InChI=1S/C10H8N2.CH6N4O/c1-3-7-11-9(5-1)10-6-2-4-8-12-10;2-1(6)5(3)4/h1-8H;3-4H2,(H2,2,6). The number of urea groups is 1. The van der Waals surface area contributed by atoms with E-state index in [4.69, 9.17) is 0 Å². The van der Waals surface area contributed by atoms with Gasteiger partial charge in [-0.25, -0.2) is 16.5 Å². The van der Waals surface area contributed by atoms with Gasteiger partial charge in [0, 0.05) is 12.4 Å². The van der Waals surface area contributed by atoms with Crippen molar-refractivity contribution < 1.29 is 4.79 Å². The lowest BCUT2D eigenvalue weighted by molar-refractivity contribution is 0.210. The Labute approximate surface area is 104 Å². The summed E-state index contributed by atoms with van der Waals surface area (Å²) in [6.07, 6.45) is 3.54. The fourth-order valence-corrected chi connectivity index (χ4v) is 1.03. The number of amides is 2. The predicted molar refractivity (Wildman–Crippen MR) is 67.3 cm³/mol. The van der Waals surface area contributed by atoms with Gasteiger partial charge < -0.3 is 5.73 Å². The number of nitrogens with zero attached hydrogens (tertiary/aromatic N) is 3. The Hall–Kier alpha value is -2.51. The molecule has 7 nitrogen and oxygen atoms in total. The molecule has 2 amide bonds. The number of hydrazine groups is 2. The minimum atomic E-state index is -0.852. The molecule has 0 saturated heterocycles. The molecule has 0 bridgehead atoms. The van der Waals surface area contributed by atoms with Gasteiger partial charge in [-0.3, -0.25) is 9.97 Å². The monoisotopic (exact) mass is 246 g/mol. The number of pyridine rings is 2. The van der Waals surface area contributed by atoms with Crippen LogP contribution in [0.15, 0.2) is 48.8 Å². The van der Waals surface area contributed by atoms with Crippen molar-refractivity contribution in [3.05, 3.63) is 48.8 Å². The molecule has 94 valence electrons. The van der Waals surface area contributed by atoms with Crippen LogP contribution in [0.5, 0.6) is 0 Å². The summed E-state index contributed by atoms with van der Waals surface area (Å²) in [4.78, 5) is 18.0. The van der Waals surface area contributed by atoms with E-state index in [-0.39, 0.29) is 0 Å². The summed E-state index contributed by atoms with van der Waals surface area (Å²) < 4.78 is 0. The van der Waals surface area contributed by atoms with Gasteiger partial charge in [0.15, 0.2) is 0 Å². The summed E-state index contributed by atoms with van der Waals surface area (Å²) in [6, 6.07) is 10.7. The topological polar surface area (TPSA) is 124 Å². The average molecular weight is 246 g/mol. The lowest BCUT2D eigenvalue weighted by atomic mass is 10.2. The van der Waals surface area contributed by atoms with Crippen LogP contribution in [-0.2, 0) is 0 Å². The number of rotatable bonds is 1. The summed E-state index contributed by atoms with van der Waals surface area (Å²) in [5.41, 5.74) is 6.30. The van der Waals surface area contributed by atoms with Crippen molar-refractivity contribution in [2.75, 3.05) is 0 Å². The lowest BCUT2D eigenvalue weighted by Gasteiger charge is -2.00. The second kappa shape index (κ2) is 6.94. The van der Waals surface area contributed by atoms with Crippen molar-refractivity contribution in [1.82, 2.24) is 15.1 Å². The highest BCUT2D eigenvalue weighted by atomic mass is 16.2. The Balaban J connectivity index is 0.000000232. The number of carbonyl (C=O) groups is 1. The van der Waals surface area contributed by atoms with Gasteiger partial charge in [-0.1, -0.05) is 12.1 Å². The smallest absolute Gasteiger partial charge is 0.343 e. The van der Waals surface area contributed by atoms with Crippen LogP contribution >= 0.6 is 0 Å². The maximum absolute atomic E-state index is 9.60. The third kappa shape index (κ3) is 4.56. The number of carbonyl (C=O) groups excluding carboxylic acids is 1. The molecule has 2 rings (SSSR count). The molecule has 0 unspecified atom stereocenters. The van der Waals surface area contributed by atoms with Crippen LogP contribution in [0.2, 0.25) is 0 Å². The summed E-state index contributed by atoms with van der Waals surface area (Å²) in [5.74, 6) is 9.14. The first kappa shape index (κ1) is 13.6. The Bertz CT molecular complexity index is 436. The number of aromatic nitrogens is 2. The molecule has 0 aliphatic carbocycles. The SMILES string of the molecule is NC(=O)N(N)N.c1ccc(-c2ccccn2)nc1. The zero-order valence-corrected chi connectivity index (χ0v) is 9.60. The molecular weight excluding hydrogens is 232 g/mol. The van der Waals surface area contributed by atoms with E-state index in [0.29, 0.717) is 5.12 Å². The van der Waals surface area contributed by atoms with Crippen LogP contribution in [0.4, 0.5) is 4.79 Å².